The molecule has 0 atom stereocenters. The first-order valence-electron chi connectivity index (χ1n) is 11.5. The number of aryl methyl sites for hydroxylation is 1. The van der Waals surface area contributed by atoms with Gasteiger partial charge in [-0.05, 0) is 67.6 Å². The van der Waals surface area contributed by atoms with E-state index in [2.05, 4.69) is 30.9 Å². The first kappa shape index (κ1) is 24.1. The number of pyridine rings is 1. The zero-order valence-corrected chi connectivity index (χ0v) is 20.2. The highest BCUT2D eigenvalue weighted by atomic mass is 16.6. The van der Waals surface area contributed by atoms with Crippen LogP contribution in [0.25, 0.3) is 10.9 Å². The number of rotatable bonds is 7. The average Bonchev–Trinajstić information content (AvgIpc) is 2.89. The standard InChI is InChI=1S/C27H22N8O3/c1-16-14-25(34-27(28)30-16)32-19-6-8-20(9-7-19)33-26(36)17-2-4-18(5-3-17)31-24-12-13-29-23-11-10-21(35(37)38)15-22(23)24/h2-15H,1H3,(H,29,31)(H,33,36)(H3,28,30,32,34). The Hall–Kier alpha value is -5.58. The molecule has 0 saturated carbocycles. The Bertz CT molecular complexity index is 1630. The molecule has 0 fully saturated rings. The number of amides is 1. The van der Waals surface area contributed by atoms with Crippen molar-refractivity contribution in [2.45, 2.75) is 6.92 Å². The van der Waals surface area contributed by atoms with E-state index in [0.717, 1.165) is 17.1 Å². The largest absolute Gasteiger partial charge is 0.368 e. The van der Waals surface area contributed by atoms with Crippen LogP contribution in [0.5, 0.6) is 0 Å². The SMILES string of the molecule is Cc1cc(Nc2ccc(NC(=O)c3ccc(Nc4ccnc5ccc([N+](=O)[O-])cc45)cc3)cc2)nc(N)n1. The molecule has 3 aromatic carbocycles. The van der Waals surface area contributed by atoms with Crippen LogP contribution in [0.2, 0.25) is 0 Å². The fourth-order valence-electron chi connectivity index (χ4n) is 3.86. The Morgan fingerprint density at radius 1 is 0.868 bits per heavy atom. The molecule has 0 aliphatic heterocycles. The summed E-state index contributed by atoms with van der Waals surface area (Å²) in [6.45, 7) is 1.83. The molecule has 2 heterocycles. The minimum atomic E-state index is -0.441. The number of benzene rings is 3. The second-order valence-corrected chi connectivity index (χ2v) is 8.43. The molecule has 5 N–H and O–H groups in total. The number of hydrogen-bond donors (Lipinski definition) is 4. The van der Waals surface area contributed by atoms with Gasteiger partial charge in [0, 0.05) is 63.8 Å². The van der Waals surface area contributed by atoms with Crippen molar-refractivity contribution in [3.8, 4) is 0 Å². The molecule has 0 spiro atoms. The summed E-state index contributed by atoms with van der Waals surface area (Å²) < 4.78 is 0. The minimum Gasteiger partial charge on any atom is -0.368 e. The van der Waals surface area contributed by atoms with Gasteiger partial charge in [0.05, 0.1) is 10.4 Å². The maximum Gasteiger partial charge on any atom is 0.270 e. The molecular weight excluding hydrogens is 484 g/mol. The zero-order chi connectivity index (χ0) is 26.6. The summed E-state index contributed by atoms with van der Waals surface area (Å²) >= 11 is 0. The van der Waals surface area contributed by atoms with Gasteiger partial charge in [-0.15, -0.1) is 0 Å². The Morgan fingerprint density at radius 2 is 1.55 bits per heavy atom. The number of non-ortho nitro benzene ring substituents is 1. The quantitative estimate of drug-likeness (QED) is 0.163. The topological polar surface area (TPSA) is 161 Å². The van der Waals surface area contributed by atoms with Gasteiger partial charge in [-0.25, -0.2) is 4.98 Å². The summed E-state index contributed by atoms with van der Waals surface area (Å²) in [5.41, 5.74) is 10.3. The first-order valence-corrected chi connectivity index (χ1v) is 11.5. The molecule has 0 aliphatic carbocycles. The first-order chi connectivity index (χ1) is 18.3. The Labute approximate surface area is 216 Å². The number of hydrogen-bond acceptors (Lipinski definition) is 9. The predicted molar refractivity (Wildman–Crippen MR) is 147 cm³/mol. The second kappa shape index (κ2) is 10.2. The number of anilines is 6. The molecule has 1 amide bonds. The van der Waals surface area contributed by atoms with E-state index < -0.39 is 4.92 Å². The number of aromatic nitrogens is 3. The number of nitrogen functional groups attached to an aromatic ring is 1. The lowest BCUT2D eigenvalue weighted by Crippen LogP contribution is -2.11. The lowest BCUT2D eigenvalue weighted by molar-refractivity contribution is -0.384. The lowest BCUT2D eigenvalue weighted by Gasteiger charge is -2.11. The summed E-state index contributed by atoms with van der Waals surface area (Å²) in [7, 11) is 0. The number of carbonyl (C=O) groups excluding carboxylic acids is 1. The summed E-state index contributed by atoms with van der Waals surface area (Å²) in [5, 5.41) is 21.1. The second-order valence-electron chi connectivity index (χ2n) is 8.43. The van der Waals surface area contributed by atoms with Crippen LogP contribution < -0.4 is 21.7 Å². The predicted octanol–water partition coefficient (Wildman–Crippen LogP) is 5.56. The molecule has 11 nitrogen and oxygen atoms in total. The highest BCUT2D eigenvalue weighted by molar-refractivity contribution is 6.04. The van der Waals surface area contributed by atoms with Gasteiger partial charge < -0.3 is 21.7 Å². The molecule has 0 unspecified atom stereocenters. The van der Waals surface area contributed by atoms with Crippen molar-refractivity contribution in [2.75, 3.05) is 21.7 Å². The van der Waals surface area contributed by atoms with Crippen molar-refractivity contribution in [3.63, 3.8) is 0 Å². The number of fused-ring (bicyclic) bond motifs is 1. The highest BCUT2D eigenvalue weighted by Gasteiger charge is 2.11. The van der Waals surface area contributed by atoms with Crippen LogP contribution in [-0.2, 0) is 0 Å². The van der Waals surface area contributed by atoms with E-state index in [1.54, 1.807) is 60.8 Å². The van der Waals surface area contributed by atoms with Gasteiger partial charge in [0.2, 0.25) is 5.95 Å². The molecule has 2 aromatic heterocycles. The van der Waals surface area contributed by atoms with Gasteiger partial charge >= 0.3 is 0 Å². The van der Waals surface area contributed by atoms with Crippen molar-refractivity contribution < 1.29 is 9.72 Å². The minimum absolute atomic E-state index is 0.0155. The van der Waals surface area contributed by atoms with Gasteiger partial charge in [0.1, 0.15) is 5.82 Å². The van der Waals surface area contributed by atoms with Crippen molar-refractivity contribution in [3.05, 3.63) is 106 Å². The van der Waals surface area contributed by atoms with Crippen LogP contribution in [0, 0.1) is 17.0 Å². The van der Waals surface area contributed by atoms with Crippen LogP contribution in [0.3, 0.4) is 0 Å². The molecule has 188 valence electrons. The normalized spacial score (nSPS) is 10.7. The van der Waals surface area contributed by atoms with Crippen molar-refractivity contribution in [1.82, 2.24) is 15.0 Å². The maximum atomic E-state index is 12.8. The highest BCUT2D eigenvalue weighted by Crippen LogP contribution is 2.28. The summed E-state index contributed by atoms with van der Waals surface area (Å²) in [6, 6.07) is 22.2. The molecule has 0 bridgehead atoms. The Balaban J connectivity index is 1.25. The fraction of sp³-hybridized carbons (Fsp3) is 0.0370. The third-order valence-electron chi connectivity index (χ3n) is 5.65. The molecule has 0 radical (unpaired) electrons. The third kappa shape index (κ3) is 5.46. The van der Waals surface area contributed by atoms with Gasteiger partial charge in [-0.3, -0.25) is 19.9 Å². The fourth-order valence-corrected chi connectivity index (χ4v) is 3.86. The molecule has 5 aromatic rings. The number of nitro groups is 1. The van der Waals surface area contributed by atoms with Crippen molar-refractivity contribution in [1.29, 1.82) is 0 Å². The van der Waals surface area contributed by atoms with Crippen molar-refractivity contribution in [2.24, 2.45) is 0 Å². The summed E-state index contributed by atoms with van der Waals surface area (Å²) in [6.07, 6.45) is 1.63. The van der Waals surface area contributed by atoms with E-state index in [0.29, 0.717) is 33.7 Å². The van der Waals surface area contributed by atoms with Crippen LogP contribution in [0.15, 0.2) is 85.1 Å². The average molecular weight is 507 g/mol. The Kier molecular flexibility index (Phi) is 6.47. The number of nitro benzene ring substituents is 1. The smallest absolute Gasteiger partial charge is 0.270 e. The number of nitrogens with two attached hydrogens (primary N) is 1. The van der Waals surface area contributed by atoms with Crippen LogP contribution in [0.4, 0.5) is 40.2 Å². The van der Waals surface area contributed by atoms with Crippen LogP contribution >= 0.6 is 0 Å². The number of nitrogens with zero attached hydrogens (tertiary/aromatic N) is 4. The van der Waals surface area contributed by atoms with E-state index in [-0.39, 0.29) is 17.5 Å². The van der Waals surface area contributed by atoms with Crippen LogP contribution in [-0.4, -0.2) is 25.8 Å². The van der Waals surface area contributed by atoms with E-state index in [1.807, 2.05) is 19.1 Å². The van der Waals surface area contributed by atoms with E-state index in [9.17, 15) is 14.9 Å². The number of nitrogens with one attached hydrogen (secondary N) is 3. The summed E-state index contributed by atoms with van der Waals surface area (Å²) in [4.78, 5) is 36.0. The summed E-state index contributed by atoms with van der Waals surface area (Å²) in [5.74, 6) is 0.510. The van der Waals surface area contributed by atoms with Gasteiger partial charge in [-0.1, -0.05) is 0 Å². The van der Waals surface area contributed by atoms with Gasteiger partial charge in [-0.2, -0.15) is 4.98 Å². The number of carbonyl (C=O) groups is 1. The zero-order valence-electron chi connectivity index (χ0n) is 20.2. The monoisotopic (exact) mass is 506 g/mol. The Morgan fingerprint density at radius 3 is 2.26 bits per heavy atom. The lowest BCUT2D eigenvalue weighted by atomic mass is 10.1. The molecule has 38 heavy (non-hydrogen) atoms. The third-order valence-corrected chi connectivity index (χ3v) is 5.65. The molecule has 5 rings (SSSR count). The van der Waals surface area contributed by atoms with E-state index in [4.69, 9.17) is 5.73 Å². The molecular formula is C27H22N8O3. The van der Waals surface area contributed by atoms with E-state index >= 15 is 0 Å². The van der Waals surface area contributed by atoms with Crippen molar-refractivity contribution >= 4 is 57.0 Å². The molecule has 0 saturated heterocycles. The van der Waals surface area contributed by atoms with Crippen LogP contribution in [0.1, 0.15) is 16.1 Å². The maximum absolute atomic E-state index is 12.8. The van der Waals surface area contributed by atoms with E-state index in [1.165, 1.54) is 12.1 Å². The van der Waals surface area contributed by atoms with Gasteiger partial charge in [0.15, 0.2) is 0 Å². The van der Waals surface area contributed by atoms with Gasteiger partial charge in [0.25, 0.3) is 11.6 Å². The molecule has 11 heteroatoms. The molecule has 0 aliphatic rings.